The number of hydrogen-bond donors (Lipinski definition) is 1. The lowest BCUT2D eigenvalue weighted by Gasteiger charge is -2.15. The Bertz CT molecular complexity index is 1080. The highest BCUT2D eigenvalue weighted by molar-refractivity contribution is 6.32. The van der Waals surface area contributed by atoms with Crippen LogP contribution in [0.3, 0.4) is 0 Å². The number of carboxylic acid groups (broad SMARTS) is 1. The molecule has 2 heterocycles. The average molecular weight is 430 g/mol. The molecule has 2 aromatic carbocycles. The Kier molecular flexibility index (Phi) is 5.50. The molecule has 1 aliphatic rings. The third-order valence-corrected chi connectivity index (χ3v) is 4.84. The van der Waals surface area contributed by atoms with Crippen LogP contribution >= 0.6 is 11.6 Å². The number of para-hydroxylation sites is 1. The molecule has 156 valence electrons. The fraction of sp³-hybridized carbons (Fsp3) is 0.286. The van der Waals surface area contributed by atoms with Gasteiger partial charge in [0.15, 0.2) is 0 Å². The molecular formula is C21H20ClN3O5. The van der Waals surface area contributed by atoms with Crippen LogP contribution in [0.4, 0.5) is 4.79 Å². The lowest BCUT2D eigenvalue weighted by atomic mass is 10.1. The van der Waals surface area contributed by atoms with Crippen molar-refractivity contribution in [2.75, 3.05) is 13.2 Å². The van der Waals surface area contributed by atoms with Gasteiger partial charge >= 0.3 is 6.09 Å². The van der Waals surface area contributed by atoms with Crippen LogP contribution in [0.1, 0.15) is 19.4 Å². The fourth-order valence-corrected chi connectivity index (χ4v) is 3.42. The summed E-state index contributed by atoms with van der Waals surface area (Å²) in [5, 5.41) is 13.8. The summed E-state index contributed by atoms with van der Waals surface area (Å²) in [6.07, 6.45) is -0.978. The molecule has 8 nitrogen and oxygen atoms in total. The van der Waals surface area contributed by atoms with E-state index < -0.39 is 6.09 Å². The summed E-state index contributed by atoms with van der Waals surface area (Å²) in [5.41, 5.74) is 2.05. The highest BCUT2D eigenvalue weighted by Crippen LogP contribution is 2.36. The number of ether oxygens (including phenoxy) is 2. The topological polar surface area (TPSA) is 97.9 Å². The Labute approximate surface area is 178 Å². The van der Waals surface area contributed by atoms with E-state index in [1.165, 1.54) is 4.90 Å². The SMILES string of the molecule is CC(C)Oc1ccc(-c2nc(-c3cccc4c3OCCN(C(=O)O)C4)no2)cc1Cl. The number of halogens is 1. The van der Waals surface area contributed by atoms with Gasteiger partial charge in [-0.15, -0.1) is 0 Å². The fourth-order valence-electron chi connectivity index (χ4n) is 3.20. The molecule has 0 radical (unpaired) electrons. The van der Waals surface area contributed by atoms with E-state index in [9.17, 15) is 9.90 Å². The van der Waals surface area contributed by atoms with E-state index in [-0.39, 0.29) is 25.8 Å². The molecule has 3 aromatic rings. The van der Waals surface area contributed by atoms with Crippen LogP contribution in [0.15, 0.2) is 40.9 Å². The maximum atomic E-state index is 11.4. The standard InChI is InChI=1S/C21H20ClN3O5/c1-12(2)29-17-7-6-13(10-16(17)22)20-23-19(24-30-20)15-5-3-4-14-11-25(21(26)27)8-9-28-18(14)15/h3-7,10,12H,8-9,11H2,1-2H3,(H,26,27). The lowest BCUT2D eigenvalue weighted by Crippen LogP contribution is -2.30. The molecule has 0 bridgehead atoms. The molecular weight excluding hydrogens is 410 g/mol. The maximum Gasteiger partial charge on any atom is 0.407 e. The van der Waals surface area contributed by atoms with E-state index >= 15 is 0 Å². The Hall–Kier alpha value is -3.26. The van der Waals surface area contributed by atoms with Crippen molar-refractivity contribution in [1.29, 1.82) is 0 Å². The van der Waals surface area contributed by atoms with Gasteiger partial charge in [0.1, 0.15) is 18.1 Å². The molecule has 1 amide bonds. The molecule has 30 heavy (non-hydrogen) atoms. The van der Waals surface area contributed by atoms with Crippen molar-refractivity contribution in [3.05, 3.63) is 47.0 Å². The Morgan fingerprint density at radius 1 is 1.30 bits per heavy atom. The van der Waals surface area contributed by atoms with Crippen LogP contribution in [0.25, 0.3) is 22.8 Å². The van der Waals surface area contributed by atoms with Crippen LogP contribution in [0, 0.1) is 0 Å². The van der Waals surface area contributed by atoms with Gasteiger partial charge in [-0.1, -0.05) is 28.9 Å². The molecule has 0 unspecified atom stereocenters. The summed E-state index contributed by atoms with van der Waals surface area (Å²) in [5.74, 6) is 1.80. The number of rotatable bonds is 4. The van der Waals surface area contributed by atoms with Crippen molar-refractivity contribution in [1.82, 2.24) is 15.0 Å². The Morgan fingerprint density at radius 3 is 2.87 bits per heavy atom. The minimum absolute atomic E-state index is 0.00810. The molecule has 0 saturated carbocycles. The van der Waals surface area contributed by atoms with Crippen molar-refractivity contribution < 1.29 is 23.9 Å². The number of nitrogens with zero attached hydrogens (tertiary/aromatic N) is 3. The zero-order chi connectivity index (χ0) is 21.3. The quantitative estimate of drug-likeness (QED) is 0.640. The number of carbonyl (C=O) groups is 1. The van der Waals surface area contributed by atoms with Gasteiger partial charge in [-0.05, 0) is 38.1 Å². The molecule has 0 atom stereocenters. The third-order valence-electron chi connectivity index (χ3n) is 4.54. The molecule has 9 heteroatoms. The van der Waals surface area contributed by atoms with Crippen LogP contribution in [0.5, 0.6) is 11.5 Å². The average Bonchev–Trinajstić information content (AvgIpc) is 3.08. The largest absolute Gasteiger partial charge is 0.491 e. The first-order valence-electron chi connectivity index (χ1n) is 9.45. The molecule has 1 N–H and O–H groups in total. The van der Waals surface area contributed by atoms with E-state index in [0.717, 1.165) is 5.56 Å². The van der Waals surface area contributed by atoms with Crippen LogP contribution < -0.4 is 9.47 Å². The van der Waals surface area contributed by atoms with E-state index in [4.69, 9.17) is 25.6 Å². The van der Waals surface area contributed by atoms with Gasteiger partial charge in [-0.2, -0.15) is 4.98 Å². The molecule has 0 fully saturated rings. The number of aromatic nitrogens is 2. The van der Waals surface area contributed by atoms with Gasteiger partial charge in [-0.3, -0.25) is 0 Å². The molecule has 1 aliphatic heterocycles. The van der Waals surface area contributed by atoms with Crippen molar-refractivity contribution in [3.8, 4) is 34.3 Å². The van der Waals surface area contributed by atoms with E-state index in [2.05, 4.69) is 10.1 Å². The Morgan fingerprint density at radius 2 is 2.13 bits per heavy atom. The monoisotopic (exact) mass is 429 g/mol. The minimum Gasteiger partial charge on any atom is -0.491 e. The summed E-state index contributed by atoms with van der Waals surface area (Å²) in [4.78, 5) is 17.1. The normalized spacial score (nSPS) is 13.5. The van der Waals surface area contributed by atoms with E-state index in [1.54, 1.807) is 18.2 Å². The summed E-state index contributed by atoms with van der Waals surface area (Å²) in [7, 11) is 0. The lowest BCUT2D eigenvalue weighted by molar-refractivity contribution is 0.138. The zero-order valence-electron chi connectivity index (χ0n) is 16.5. The molecule has 0 aliphatic carbocycles. The van der Waals surface area contributed by atoms with Crippen LogP contribution in [-0.2, 0) is 6.54 Å². The first kappa shape index (κ1) is 20.0. The second-order valence-corrected chi connectivity index (χ2v) is 7.49. The molecule has 1 aromatic heterocycles. The molecule has 0 spiro atoms. The predicted octanol–water partition coefficient (Wildman–Crippen LogP) is 4.72. The molecule has 4 rings (SSSR count). The van der Waals surface area contributed by atoms with Gasteiger partial charge in [0.2, 0.25) is 5.82 Å². The van der Waals surface area contributed by atoms with Crippen molar-refractivity contribution >= 4 is 17.7 Å². The Balaban J connectivity index is 1.65. The summed E-state index contributed by atoms with van der Waals surface area (Å²) in [6, 6.07) is 10.7. The van der Waals surface area contributed by atoms with Gasteiger partial charge < -0.3 is 24.0 Å². The van der Waals surface area contributed by atoms with Gasteiger partial charge in [-0.25, -0.2) is 4.79 Å². The maximum absolute atomic E-state index is 11.4. The van der Waals surface area contributed by atoms with Gasteiger partial charge in [0.05, 0.1) is 29.8 Å². The van der Waals surface area contributed by atoms with Crippen molar-refractivity contribution in [2.45, 2.75) is 26.5 Å². The molecule has 0 saturated heterocycles. The zero-order valence-corrected chi connectivity index (χ0v) is 17.2. The minimum atomic E-state index is -0.986. The number of hydrogen-bond acceptors (Lipinski definition) is 6. The predicted molar refractivity (Wildman–Crippen MR) is 110 cm³/mol. The van der Waals surface area contributed by atoms with Gasteiger partial charge in [0, 0.05) is 11.1 Å². The number of fused-ring (bicyclic) bond motifs is 1. The number of benzene rings is 2. The second kappa shape index (κ2) is 8.23. The number of amides is 1. The van der Waals surface area contributed by atoms with Crippen molar-refractivity contribution in [2.24, 2.45) is 0 Å². The first-order chi connectivity index (χ1) is 14.4. The summed E-state index contributed by atoms with van der Waals surface area (Å²) in [6.45, 7) is 4.61. The van der Waals surface area contributed by atoms with E-state index in [1.807, 2.05) is 32.0 Å². The summed E-state index contributed by atoms with van der Waals surface area (Å²) < 4.78 is 16.9. The van der Waals surface area contributed by atoms with Crippen molar-refractivity contribution in [3.63, 3.8) is 0 Å². The van der Waals surface area contributed by atoms with Gasteiger partial charge in [0.25, 0.3) is 5.89 Å². The third kappa shape index (κ3) is 4.04. The highest BCUT2D eigenvalue weighted by Gasteiger charge is 2.23. The second-order valence-electron chi connectivity index (χ2n) is 7.08. The highest BCUT2D eigenvalue weighted by atomic mass is 35.5. The van der Waals surface area contributed by atoms with Crippen LogP contribution in [-0.4, -0.2) is 45.5 Å². The first-order valence-corrected chi connectivity index (χ1v) is 9.83. The summed E-state index contributed by atoms with van der Waals surface area (Å²) >= 11 is 6.31. The smallest absolute Gasteiger partial charge is 0.407 e. The van der Waals surface area contributed by atoms with Crippen LogP contribution in [0.2, 0.25) is 5.02 Å². The van der Waals surface area contributed by atoms with E-state index in [0.29, 0.717) is 39.4 Å².